The number of aromatic nitrogens is 1. The Morgan fingerprint density at radius 3 is 2.93 bits per heavy atom. The first kappa shape index (κ1) is 11.6. The highest BCUT2D eigenvalue weighted by atomic mass is 32.1. The fourth-order valence-electron chi connectivity index (χ4n) is 1.11. The fourth-order valence-corrected chi connectivity index (χ4v) is 1.24. The highest BCUT2D eigenvalue weighted by Crippen LogP contribution is 1.97. The summed E-state index contributed by atoms with van der Waals surface area (Å²) in [4.78, 5) is 15.6. The van der Waals surface area contributed by atoms with Crippen LogP contribution in [0.4, 0.5) is 0 Å². The molecule has 4 nitrogen and oxygen atoms in total. The molecule has 3 N–H and O–H groups in total. The fraction of sp³-hybridized carbons (Fsp3) is 0.300. The number of hydrogen-bond donors (Lipinski definition) is 2. The minimum Gasteiger partial charge on any atom is -0.393 e. The Kier molecular flexibility index (Phi) is 4.17. The molecule has 0 atom stereocenters. The van der Waals surface area contributed by atoms with Crippen molar-refractivity contribution in [1.29, 1.82) is 0 Å². The van der Waals surface area contributed by atoms with Gasteiger partial charge in [-0.25, -0.2) is 0 Å². The van der Waals surface area contributed by atoms with Crippen molar-refractivity contribution in [3.8, 4) is 0 Å². The molecule has 0 unspecified atom stereocenters. The third-order valence-corrected chi connectivity index (χ3v) is 1.89. The van der Waals surface area contributed by atoms with Gasteiger partial charge in [-0.15, -0.1) is 0 Å². The Morgan fingerprint density at radius 1 is 1.60 bits per heavy atom. The molecule has 0 bridgehead atoms. The van der Waals surface area contributed by atoms with Crippen molar-refractivity contribution in [3.63, 3.8) is 0 Å². The standard InChI is InChI=1S/C10H13N3OS/c1-7-3-2-4-8(13-7)6-12-10(14)5-9(11)15/h2-4H,5-6H2,1H3,(H2,11,15)(H,12,14). The van der Waals surface area contributed by atoms with Gasteiger partial charge in [-0.3, -0.25) is 9.78 Å². The number of aryl methyl sites for hydroxylation is 1. The van der Waals surface area contributed by atoms with Crippen LogP contribution in [0, 0.1) is 6.92 Å². The zero-order chi connectivity index (χ0) is 11.3. The number of thiocarbonyl (C=S) groups is 1. The van der Waals surface area contributed by atoms with Crippen LogP contribution >= 0.6 is 12.2 Å². The largest absolute Gasteiger partial charge is 0.393 e. The van der Waals surface area contributed by atoms with Gasteiger partial charge in [0.1, 0.15) is 0 Å². The Balaban J connectivity index is 2.43. The SMILES string of the molecule is Cc1cccc(CNC(=O)CC(N)=S)n1. The number of nitrogens with two attached hydrogens (primary N) is 1. The zero-order valence-electron chi connectivity index (χ0n) is 8.49. The summed E-state index contributed by atoms with van der Waals surface area (Å²) in [5.41, 5.74) is 6.99. The molecule has 0 aliphatic rings. The highest BCUT2D eigenvalue weighted by molar-refractivity contribution is 7.80. The van der Waals surface area contributed by atoms with E-state index in [0.29, 0.717) is 6.54 Å². The number of carbonyl (C=O) groups is 1. The van der Waals surface area contributed by atoms with Gasteiger partial charge >= 0.3 is 0 Å². The number of nitrogens with zero attached hydrogens (tertiary/aromatic N) is 1. The van der Waals surface area contributed by atoms with E-state index in [0.717, 1.165) is 11.4 Å². The molecule has 0 fully saturated rings. The van der Waals surface area contributed by atoms with E-state index in [1.54, 1.807) is 0 Å². The summed E-state index contributed by atoms with van der Waals surface area (Å²) in [6.07, 6.45) is 0.0845. The molecule has 80 valence electrons. The van der Waals surface area contributed by atoms with Crippen LogP contribution in [0.25, 0.3) is 0 Å². The molecule has 0 aliphatic heterocycles. The van der Waals surface area contributed by atoms with Crippen LogP contribution in [0.1, 0.15) is 17.8 Å². The predicted molar refractivity (Wildman–Crippen MR) is 62.2 cm³/mol. The molecule has 0 aliphatic carbocycles. The predicted octanol–water partition coefficient (Wildman–Crippen LogP) is 0.682. The molecule has 0 aromatic carbocycles. The Bertz CT molecular complexity index is 379. The van der Waals surface area contributed by atoms with E-state index in [4.69, 9.17) is 5.73 Å². The zero-order valence-corrected chi connectivity index (χ0v) is 9.30. The van der Waals surface area contributed by atoms with Crippen LogP contribution in [0.3, 0.4) is 0 Å². The minimum absolute atomic E-state index is 0.0845. The van der Waals surface area contributed by atoms with Crippen LogP contribution in [-0.2, 0) is 11.3 Å². The molecule has 15 heavy (non-hydrogen) atoms. The first-order valence-corrected chi connectivity index (χ1v) is 4.96. The molecule has 0 radical (unpaired) electrons. The number of pyridine rings is 1. The van der Waals surface area contributed by atoms with Crippen molar-refractivity contribution >= 4 is 23.1 Å². The molecular formula is C10H13N3OS. The lowest BCUT2D eigenvalue weighted by atomic mass is 10.3. The number of nitrogens with one attached hydrogen (secondary N) is 1. The average Bonchev–Trinajstić information content (AvgIpc) is 2.14. The third-order valence-electron chi connectivity index (χ3n) is 1.75. The van der Waals surface area contributed by atoms with E-state index in [1.165, 1.54) is 0 Å². The lowest BCUT2D eigenvalue weighted by molar-refractivity contribution is -0.120. The van der Waals surface area contributed by atoms with Crippen LogP contribution < -0.4 is 11.1 Å². The van der Waals surface area contributed by atoms with E-state index in [2.05, 4.69) is 22.5 Å². The van der Waals surface area contributed by atoms with Crippen molar-refractivity contribution in [2.45, 2.75) is 19.9 Å². The summed E-state index contributed by atoms with van der Waals surface area (Å²) in [7, 11) is 0. The van der Waals surface area contributed by atoms with E-state index >= 15 is 0 Å². The molecular weight excluding hydrogens is 210 g/mol. The first-order chi connectivity index (χ1) is 7.08. The normalized spacial score (nSPS) is 9.67. The van der Waals surface area contributed by atoms with E-state index in [-0.39, 0.29) is 17.3 Å². The average molecular weight is 223 g/mol. The van der Waals surface area contributed by atoms with Crippen molar-refractivity contribution in [2.24, 2.45) is 5.73 Å². The van der Waals surface area contributed by atoms with Crippen molar-refractivity contribution in [3.05, 3.63) is 29.6 Å². The van der Waals surface area contributed by atoms with Gasteiger partial charge < -0.3 is 11.1 Å². The number of hydrogen-bond acceptors (Lipinski definition) is 3. The smallest absolute Gasteiger partial charge is 0.227 e. The number of rotatable bonds is 4. The van der Waals surface area contributed by atoms with Crippen LogP contribution in [0.2, 0.25) is 0 Å². The third kappa shape index (κ3) is 4.51. The van der Waals surface area contributed by atoms with Crippen LogP contribution in [-0.4, -0.2) is 15.9 Å². The summed E-state index contributed by atoms with van der Waals surface area (Å²) in [6.45, 7) is 2.31. The van der Waals surface area contributed by atoms with E-state index < -0.39 is 0 Å². The van der Waals surface area contributed by atoms with E-state index in [9.17, 15) is 4.79 Å². The second-order valence-corrected chi connectivity index (χ2v) is 3.71. The molecule has 0 saturated carbocycles. The van der Waals surface area contributed by atoms with Crippen molar-refractivity contribution in [2.75, 3.05) is 0 Å². The maximum Gasteiger partial charge on any atom is 0.227 e. The van der Waals surface area contributed by atoms with Gasteiger partial charge in [0.15, 0.2) is 0 Å². The summed E-state index contributed by atoms with van der Waals surface area (Å²) >= 11 is 4.62. The van der Waals surface area contributed by atoms with Crippen LogP contribution in [0.5, 0.6) is 0 Å². The van der Waals surface area contributed by atoms with Crippen molar-refractivity contribution in [1.82, 2.24) is 10.3 Å². The second kappa shape index (κ2) is 5.41. The monoisotopic (exact) mass is 223 g/mol. The Hall–Kier alpha value is -1.49. The van der Waals surface area contributed by atoms with Gasteiger partial charge in [-0.1, -0.05) is 18.3 Å². The Labute approximate surface area is 93.9 Å². The van der Waals surface area contributed by atoms with Gasteiger partial charge in [0, 0.05) is 5.69 Å². The first-order valence-electron chi connectivity index (χ1n) is 4.55. The highest BCUT2D eigenvalue weighted by Gasteiger charge is 2.03. The van der Waals surface area contributed by atoms with Crippen LogP contribution in [0.15, 0.2) is 18.2 Å². The minimum atomic E-state index is -0.175. The van der Waals surface area contributed by atoms with Gasteiger partial charge in [0.05, 0.1) is 23.6 Å². The van der Waals surface area contributed by atoms with Gasteiger partial charge in [0.25, 0.3) is 0 Å². The quantitative estimate of drug-likeness (QED) is 0.737. The van der Waals surface area contributed by atoms with Crippen molar-refractivity contribution < 1.29 is 4.79 Å². The summed E-state index contributed by atoms with van der Waals surface area (Å²) < 4.78 is 0. The van der Waals surface area contributed by atoms with Gasteiger partial charge in [0.2, 0.25) is 5.91 Å². The molecule has 1 aromatic rings. The lowest BCUT2D eigenvalue weighted by Gasteiger charge is -2.04. The topological polar surface area (TPSA) is 68.0 Å². The van der Waals surface area contributed by atoms with Gasteiger partial charge in [-0.05, 0) is 19.1 Å². The molecule has 1 heterocycles. The molecule has 0 spiro atoms. The molecule has 1 amide bonds. The number of amides is 1. The van der Waals surface area contributed by atoms with E-state index in [1.807, 2.05) is 25.1 Å². The molecule has 5 heteroatoms. The Morgan fingerprint density at radius 2 is 2.33 bits per heavy atom. The summed E-state index contributed by atoms with van der Waals surface area (Å²) in [5, 5.41) is 2.69. The number of carbonyl (C=O) groups excluding carboxylic acids is 1. The lowest BCUT2D eigenvalue weighted by Crippen LogP contribution is -2.27. The molecule has 0 saturated heterocycles. The maximum atomic E-state index is 11.2. The van der Waals surface area contributed by atoms with Gasteiger partial charge in [-0.2, -0.15) is 0 Å². The summed E-state index contributed by atoms with van der Waals surface area (Å²) in [6, 6.07) is 5.66. The molecule has 1 aromatic heterocycles. The summed E-state index contributed by atoms with van der Waals surface area (Å²) in [5.74, 6) is -0.175. The molecule has 1 rings (SSSR count). The second-order valence-electron chi connectivity index (χ2n) is 3.19. The maximum absolute atomic E-state index is 11.2.